The molecule has 5 heteroatoms. The van der Waals surface area contributed by atoms with Gasteiger partial charge in [-0.2, -0.15) is 9.78 Å². The Bertz CT molecular complexity index is 565. The fourth-order valence-electron chi connectivity index (χ4n) is 1.35. The predicted molar refractivity (Wildman–Crippen MR) is 64.4 cm³/mol. The van der Waals surface area contributed by atoms with Crippen LogP contribution in [0.3, 0.4) is 0 Å². The zero-order valence-electron chi connectivity index (χ0n) is 8.64. The Hall–Kier alpha value is -1.81. The molecule has 0 aliphatic carbocycles. The molecule has 0 spiro atoms. The third-order valence-corrected chi connectivity index (χ3v) is 2.49. The summed E-state index contributed by atoms with van der Waals surface area (Å²) in [5.41, 5.74) is 1.03. The standard InChI is InChI=1S/C11H10ClN3O/c1-13-8-6-11(16)15(14-7-8)10-5-3-2-4-9(10)12/h2-7,13H,1H3. The third-order valence-electron chi connectivity index (χ3n) is 2.17. The van der Waals surface area contributed by atoms with E-state index in [-0.39, 0.29) is 5.56 Å². The number of benzene rings is 1. The summed E-state index contributed by atoms with van der Waals surface area (Å²) in [5, 5.41) is 7.38. The molecular formula is C11H10ClN3O. The molecule has 1 aromatic heterocycles. The van der Waals surface area contributed by atoms with Gasteiger partial charge >= 0.3 is 0 Å². The van der Waals surface area contributed by atoms with Crippen molar-refractivity contribution < 1.29 is 0 Å². The lowest BCUT2D eigenvalue weighted by molar-refractivity contribution is 0.808. The molecule has 0 atom stereocenters. The number of anilines is 1. The molecule has 2 rings (SSSR count). The first-order chi connectivity index (χ1) is 7.72. The van der Waals surface area contributed by atoms with Crippen LogP contribution in [0, 0.1) is 0 Å². The summed E-state index contributed by atoms with van der Waals surface area (Å²) >= 11 is 5.99. The highest BCUT2D eigenvalue weighted by Crippen LogP contribution is 2.17. The van der Waals surface area contributed by atoms with Crippen molar-refractivity contribution in [2.24, 2.45) is 0 Å². The van der Waals surface area contributed by atoms with Gasteiger partial charge < -0.3 is 5.32 Å². The van der Waals surface area contributed by atoms with Crippen molar-refractivity contribution in [1.29, 1.82) is 0 Å². The Kier molecular flexibility index (Phi) is 2.92. The summed E-state index contributed by atoms with van der Waals surface area (Å²) < 4.78 is 1.27. The average Bonchev–Trinajstić information content (AvgIpc) is 2.30. The molecule has 4 nitrogen and oxygen atoms in total. The molecule has 0 bridgehead atoms. The lowest BCUT2D eigenvalue weighted by Crippen LogP contribution is -2.20. The minimum absolute atomic E-state index is 0.222. The molecule has 0 radical (unpaired) electrons. The van der Waals surface area contributed by atoms with Crippen molar-refractivity contribution in [1.82, 2.24) is 9.78 Å². The first kappa shape index (κ1) is 10.7. The number of nitrogens with zero attached hydrogens (tertiary/aromatic N) is 2. The molecule has 1 aromatic carbocycles. The van der Waals surface area contributed by atoms with Gasteiger partial charge in [0.25, 0.3) is 5.56 Å². The van der Waals surface area contributed by atoms with E-state index < -0.39 is 0 Å². The van der Waals surface area contributed by atoms with Crippen LogP contribution in [0.1, 0.15) is 0 Å². The summed E-state index contributed by atoms with van der Waals surface area (Å²) in [6.45, 7) is 0. The predicted octanol–water partition coefficient (Wildman–Crippen LogP) is 1.93. The molecule has 0 aliphatic rings. The van der Waals surface area contributed by atoms with Crippen LogP contribution >= 0.6 is 11.6 Å². The number of rotatable bonds is 2. The van der Waals surface area contributed by atoms with Crippen LogP contribution in [0.25, 0.3) is 5.69 Å². The summed E-state index contributed by atoms with van der Waals surface area (Å²) in [7, 11) is 1.73. The first-order valence-electron chi connectivity index (χ1n) is 4.74. The van der Waals surface area contributed by atoms with Crippen LogP contribution in [0.4, 0.5) is 5.69 Å². The SMILES string of the molecule is CNc1cnn(-c2ccccc2Cl)c(=O)c1. The topological polar surface area (TPSA) is 46.9 Å². The van der Waals surface area contributed by atoms with Gasteiger partial charge in [-0.15, -0.1) is 0 Å². The molecule has 0 saturated heterocycles. The van der Waals surface area contributed by atoms with Gasteiger partial charge in [-0.3, -0.25) is 4.79 Å². The van der Waals surface area contributed by atoms with Crippen molar-refractivity contribution in [2.75, 3.05) is 12.4 Å². The van der Waals surface area contributed by atoms with Crippen molar-refractivity contribution in [2.45, 2.75) is 0 Å². The van der Waals surface area contributed by atoms with Crippen LogP contribution in [0.5, 0.6) is 0 Å². The molecule has 2 aromatic rings. The van der Waals surface area contributed by atoms with E-state index >= 15 is 0 Å². The number of aromatic nitrogens is 2. The smallest absolute Gasteiger partial charge is 0.273 e. The van der Waals surface area contributed by atoms with Gasteiger partial charge in [-0.25, -0.2) is 0 Å². The minimum Gasteiger partial charge on any atom is -0.387 e. The van der Waals surface area contributed by atoms with Gasteiger partial charge in [0.2, 0.25) is 0 Å². The molecule has 16 heavy (non-hydrogen) atoms. The lowest BCUT2D eigenvalue weighted by atomic mass is 10.3. The van der Waals surface area contributed by atoms with Gasteiger partial charge in [-0.1, -0.05) is 23.7 Å². The highest BCUT2D eigenvalue weighted by atomic mass is 35.5. The summed E-state index contributed by atoms with van der Waals surface area (Å²) in [5.74, 6) is 0. The second-order valence-corrected chi connectivity index (χ2v) is 3.60. The number of halogens is 1. The molecular weight excluding hydrogens is 226 g/mol. The first-order valence-corrected chi connectivity index (χ1v) is 5.12. The maximum Gasteiger partial charge on any atom is 0.273 e. The molecule has 0 aliphatic heterocycles. The van der Waals surface area contributed by atoms with Crippen LogP contribution in [0.2, 0.25) is 5.02 Å². The molecule has 0 amide bonds. The largest absolute Gasteiger partial charge is 0.387 e. The molecule has 0 saturated carbocycles. The second-order valence-electron chi connectivity index (χ2n) is 3.20. The Morgan fingerprint density at radius 2 is 2.12 bits per heavy atom. The van der Waals surface area contributed by atoms with Crippen molar-refractivity contribution >= 4 is 17.3 Å². The Labute approximate surface area is 97.5 Å². The highest BCUT2D eigenvalue weighted by molar-refractivity contribution is 6.32. The summed E-state index contributed by atoms with van der Waals surface area (Å²) in [6, 6.07) is 8.54. The maximum atomic E-state index is 11.8. The monoisotopic (exact) mass is 235 g/mol. The third kappa shape index (κ3) is 1.92. The lowest BCUT2D eigenvalue weighted by Gasteiger charge is -2.06. The van der Waals surface area contributed by atoms with E-state index in [1.54, 1.807) is 37.5 Å². The second kappa shape index (κ2) is 4.37. The quantitative estimate of drug-likeness (QED) is 0.865. The highest BCUT2D eigenvalue weighted by Gasteiger charge is 2.05. The van der Waals surface area contributed by atoms with E-state index in [0.29, 0.717) is 16.4 Å². The van der Waals surface area contributed by atoms with Gasteiger partial charge in [0.15, 0.2) is 0 Å². The number of para-hydroxylation sites is 1. The van der Waals surface area contributed by atoms with Crippen molar-refractivity contribution in [3.63, 3.8) is 0 Å². The molecule has 82 valence electrons. The van der Waals surface area contributed by atoms with Crippen LogP contribution in [-0.2, 0) is 0 Å². The van der Waals surface area contributed by atoms with E-state index in [4.69, 9.17) is 11.6 Å². The normalized spacial score (nSPS) is 10.1. The van der Waals surface area contributed by atoms with Gasteiger partial charge in [0, 0.05) is 13.1 Å². The average molecular weight is 236 g/mol. The summed E-state index contributed by atoms with van der Waals surface area (Å²) in [4.78, 5) is 11.8. The Balaban J connectivity index is 2.58. The summed E-state index contributed by atoms with van der Waals surface area (Å²) in [6.07, 6.45) is 1.57. The fourth-order valence-corrected chi connectivity index (χ4v) is 1.57. The van der Waals surface area contributed by atoms with Gasteiger partial charge in [0.05, 0.1) is 22.6 Å². The van der Waals surface area contributed by atoms with Gasteiger partial charge in [0.1, 0.15) is 0 Å². The molecule has 0 unspecified atom stereocenters. The molecule has 1 heterocycles. The Morgan fingerprint density at radius 1 is 1.38 bits per heavy atom. The van der Waals surface area contributed by atoms with E-state index in [1.165, 1.54) is 10.7 Å². The van der Waals surface area contributed by atoms with Crippen LogP contribution < -0.4 is 10.9 Å². The molecule has 1 N–H and O–H groups in total. The number of hydrogen-bond acceptors (Lipinski definition) is 3. The zero-order chi connectivity index (χ0) is 11.5. The van der Waals surface area contributed by atoms with Crippen molar-refractivity contribution in [3.05, 3.63) is 51.9 Å². The number of nitrogens with one attached hydrogen (secondary N) is 1. The minimum atomic E-state index is -0.222. The van der Waals surface area contributed by atoms with E-state index in [0.717, 1.165) is 0 Å². The Morgan fingerprint density at radius 3 is 2.75 bits per heavy atom. The zero-order valence-corrected chi connectivity index (χ0v) is 9.40. The van der Waals surface area contributed by atoms with E-state index in [9.17, 15) is 4.79 Å². The fraction of sp³-hybridized carbons (Fsp3) is 0.0909. The van der Waals surface area contributed by atoms with E-state index in [2.05, 4.69) is 10.4 Å². The molecule has 0 fully saturated rings. The van der Waals surface area contributed by atoms with Gasteiger partial charge in [-0.05, 0) is 12.1 Å². The maximum absolute atomic E-state index is 11.8. The van der Waals surface area contributed by atoms with E-state index in [1.807, 2.05) is 0 Å². The van der Waals surface area contributed by atoms with Crippen molar-refractivity contribution in [3.8, 4) is 5.69 Å². The van der Waals surface area contributed by atoms with Crippen LogP contribution in [-0.4, -0.2) is 16.8 Å². The number of hydrogen-bond donors (Lipinski definition) is 1. The van der Waals surface area contributed by atoms with Crippen LogP contribution in [0.15, 0.2) is 41.3 Å².